The Kier molecular flexibility index (Phi) is 30.7. The number of rotatable bonds is 6. The normalized spacial score (nSPS) is 13.0. The standard InChI is InChI=1S/C25H21N2.4C18H13FN.C11H8N.C9H5F3N3.4Ir/c1-19-9-13-22(14-10-19)27(23-15-11-20(2)12-16-23)24-7-5-6-21(18-24)25-8-3-4-17-26-25;4*1-18(2)13-7-3-5-11-9-10-20-17(15(11)13)12-6-4-8-14(19)16(12)18;1-2-6-10(7-3-1)11-8-4-5-9-12-11;10-9(11,12)8-5-7(14-15-8)6-3-1-2-4-13-6;;;;/h3-5,7-18H,1-2H3;4*3-5,7-10H,1-2H3;1-6,8-9H;1-5H;;;;/q7*-1;;;;. The van der Waals surface area contributed by atoms with Crippen LogP contribution in [0.1, 0.15) is 117 Å². The third-order valence-electron chi connectivity index (χ3n) is 25.1. The molecule has 138 heavy (non-hydrogen) atoms. The molecule has 24 rings (SSSR count). The summed E-state index contributed by atoms with van der Waals surface area (Å²) in [5.74, 6) is -0.733. The molecule has 8 aromatic heterocycles. The SMILES string of the molecule is CC1(C)c2c([c-]ccc2F)-c2nccc3cccc1c23.CC1(C)c2c([c-]ccc2F)-c2nccc3cccc1c23.CC1(C)c2c([c-]ccc2F)-c2nccc3cccc1c23.CC1(C)c2c([c-]ccc2F)-c2nccc3cccc1c23.Cc1ccc(N(c2ccc(C)cc2)c2cc[c-]c(-c3ccccn3)c2)cc1.FC(F)(F)c1cc(-c2ccccn2)[n-]n1.[Ir].[Ir].[Ir].[Ir].[c-]1ccccc1-c1ccccn1. The molecule has 12 aromatic carbocycles. The number of aromatic nitrogens is 9. The maximum absolute atomic E-state index is 14.4. The van der Waals surface area contributed by atoms with Crippen LogP contribution in [0.25, 0.3) is 122 Å². The van der Waals surface area contributed by atoms with E-state index in [2.05, 4.69) is 265 Å². The number of anilines is 3. The van der Waals surface area contributed by atoms with Gasteiger partial charge >= 0.3 is 6.18 Å². The van der Waals surface area contributed by atoms with Crippen molar-refractivity contribution in [3.8, 4) is 78.9 Å². The smallest absolute Gasteiger partial charge is 0.431 e. The van der Waals surface area contributed by atoms with Gasteiger partial charge in [-0.2, -0.15) is 13.2 Å². The fourth-order valence-electron chi connectivity index (χ4n) is 18.6. The van der Waals surface area contributed by atoms with Crippen LogP contribution < -0.4 is 10.00 Å². The molecule has 0 saturated carbocycles. The van der Waals surface area contributed by atoms with E-state index in [0.29, 0.717) is 27.9 Å². The van der Waals surface area contributed by atoms with Crippen LogP contribution in [0.3, 0.4) is 0 Å². The predicted octanol–water partition coefficient (Wildman–Crippen LogP) is 29.2. The molecule has 0 atom stereocenters. The van der Waals surface area contributed by atoms with Crippen LogP contribution in [-0.4, -0.2) is 40.0 Å². The van der Waals surface area contributed by atoms with Gasteiger partial charge in [-0.1, -0.05) is 222 Å². The minimum Gasteiger partial charge on any atom is -0.573 e. The molecule has 21 heteroatoms. The van der Waals surface area contributed by atoms with Crippen LogP contribution in [0.5, 0.6) is 0 Å². The molecule has 0 spiro atoms. The van der Waals surface area contributed by atoms with Gasteiger partial charge < -0.3 is 45.0 Å². The Morgan fingerprint density at radius 2 is 0.609 bits per heavy atom. The van der Waals surface area contributed by atoms with Crippen molar-refractivity contribution in [1.82, 2.24) is 45.1 Å². The molecule has 4 radical (unpaired) electrons. The molecule has 10 nitrogen and oxygen atoms in total. The van der Waals surface area contributed by atoms with Gasteiger partial charge in [-0.15, -0.1) is 161 Å². The first kappa shape index (κ1) is 101. The molecule has 0 N–H and O–H groups in total. The van der Waals surface area contributed by atoms with Gasteiger partial charge in [0, 0.05) is 164 Å². The number of halogens is 7. The number of nitrogens with zero attached hydrogens (tertiary/aromatic N) is 10. The van der Waals surface area contributed by atoms with Crippen LogP contribution in [0, 0.1) is 73.5 Å². The average molecular weight is 2530 g/mol. The van der Waals surface area contributed by atoms with E-state index < -0.39 is 11.9 Å². The molecule has 8 heterocycles. The van der Waals surface area contributed by atoms with E-state index in [0.717, 1.165) is 156 Å². The number of hydrogen-bond donors (Lipinski definition) is 0. The summed E-state index contributed by atoms with van der Waals surface area (Å²) in [4.78, 5) is 32.8. The van der Waals surface area contributed by atoms with Crippen molar-refractivity contribution in [2.75, 3.05) is 4.90 Å². The second kappa shape index (κ2) is 42.0. The summed E-state index contributed by atoms with van der Waals surface area (Å²) < 4.78 is 94.2. The van der Waals surface area contributed by atoms with Gasteiger partial charge in [0.1, 0.15) is 5.69 Å². The van der Waals surface area contributed by atoms with Crippen LogP contribution in [0.2, 0.25) is 0 Å². The molecule has 0 aliphatic heterocycles. The monoisotopic (exact) mass is 2540 g/mol. The zero-order chi connectivity index (χ0) is 93.4. The van der Waals surface area contributed by atoms with Crippen molar-refractivity contribution >= 4 is 60.2 Å². The predicted molar refractivity (Wildman–Crippen MR) is 519 cm³/mol. The summed E-state index contributed by atoms with van der Waals surface area (Å²) >= 11 is 0. The van der Waals surface area contributed by atoms with Crippen molar-refractivity contribution in [2.24, 2.45) is 0 Å². The largest absolute Gasteiger partial charge is 0.573 e. The Morgan fingerprint density at radius 3 is 0.920 bits per heavy atom. The Balaban J connectivity index is 0.000000129. The number of hydrogen-bond acceptors (Lipinski definition) is 9. The molecular weight excluding hydrogens is 2450 g/mol. The minimum atomic E-state index is -4.46. The number of alkyl halides is 3. The van der Waals surface area contributed by atoms with Gasteiger partial charge in [-0.05, 0) is 220 Å². The van der Waals surface area contributed by atoms with Gasteiger partial charge in [0.05, 0.1) is 0 Å². The molecule has 4 aliphatic rings. The number of aryl methyl sites for hydroxylation is 2. The van der Waals surface area contributed by atoms with Gasteiger partial charge in [0.25, 0.3) is 0 Å². The molecule has 696 valence electrons. The van der Waals surface area contributed by atoms with Gasteiger partial charge in [0.15, 0.2) is 0 Å². The quantitative estimate of drug-likeness (QED) is 0.118. The number of benzene rings is 12. The van der Waals surface area contributed by atoms with Gasteiger partial charge in [0.2, 0.25) is 0 Å². The fraction of sp³-hybridized carbons (Fsp3) is 0.128. The van der Waals surface area contributed by atoms with Crippen molar-refractivity contribution in [2.45, 2.75) is 97.1 Å². The maximum atomic E-state index is 14.4. The number of pyridine rings is 7. The van der Waals surface area contributed by atoms with Crippen LogP contribution in [0.15, 0.2) is 341 Å². The van der Waals surface area contributed by atoms with Crippen LogP contribution in [0.4, 0.5) is 47.8 Å². The van der Waals surface area contributed by atoms with Crippen molar-refractivity contribution < 1.29 is 111 Å². The molecule has 20 aromatic rings. The summed E-state index contributed by atoms with van der Waals surface area (Å²) in [6, 6.07) is 113. The summed E-state index contributed by atoms with van der Waals surface area (Å²) in [6.45, 7) is 20.7. The third kappa shape index (κ3) is 19.8. The van der Waals surface area contributed by atoms with E-state index in [1.807, 2.05) is 121 Å². The molecule has 0 amide bonds. The van der Waals surface area contributed by atoms with Crippen LogP contribution >= 0.6 is 0 Å². The Hall–Kier alpha value is -13.2. The fourth-order valence-corrected chi connectivity index (χ4v) is 18.6. The Morgan fingerprint density at radius 1 is 0.290 bits per heavy atom. The minimum absolute atomic E-state index is 0. The maximum Gasteiger partial charge on any atom is 0.431 e. The van der Waals surface area contributed by atoms with Crippen LogP contribution in [-0.2, 0) is 108 Å². The zero-order valence-corrected chi connectivity index (χ0v) is 85.9. The third-order valence-corrected chi connectivity index (χ3v) is 25.1. The average Bonchev–Trinajstić information content (AvgIpc) is 0.750. The van der Waals surface area contributed by atoms with E-state index in [9.17, 15) is 30.7 Å². The summed E-state index contributed by atoms with van der Waals surface area (Å²) in [7, 11) is 0. The van der Waals surface area contributed by atoms with E-state index >= 15 is 0 Å². The van der Waals surface area contributed by atoms with E-state index in [1.54, 1.807) is 73.4 Å². The molecule has 0 unspecified atom stereocenters. The first-order chi connectivity index (χ1) is 64.7. The second-order valence-electron chi connectivity index (χ2n) is 35.1. The zero-order valence-electron chi connectivity index (χ0n) is 76.3. The summed E-state index contributed by atoms with van der Waals surface area (Å²) in [5.41, 5.74) is 21.5. The van der Waals surface area contributed by atoms with Crippen molar-refractivity contribution in [3.63, 3.8) is 0 Å². The summed E-state index contributed by atoms with van der Waals surface area (Å²) in [6.07, 6.45) is 7.75. The Bertz CT molecular complexity index is 7080. The van der Waals surface area contributed by atoms with E-state index in [4.69, 9.17) is 0 Å². The second-order valence-corrected chi connectivity index (χ2v) is 35.1. The van der Waals surface area contributed by atoms with Crippen molar-refractivity contribution in [3.05, 3.63) is 462 Å². The van der Waals surface area contributed by atoms with Crippen molar-refractivity contribution in [1.29, 1.82) is 0 Å². The van der Waals surface area contributed by atoms with Gasteiger partial charge in [-0.3, -0.25) is 4.98 Å². The van der Waals surface area contributed by atoms with E-state index in [1.165, 1.54) is 41.6 Å². The number of fused-ring (bicyclic) bond motifs is 8. The van der Waals surface area contributed by atoms with E-state index in [-0.39, 0.29) is 131 Å². The first-order valence-corrected chi connectivity index (χ1v) is 43.8. The molecular formula is C117H86F7Ir4N10-7. The Labute approximate surface area is 851 Å². The molecule has 0 saturated heterocycles. The van der Waals surface area contributed by atoms with Gasteiger partial charge in [-0.25, -0.2) is 17.6 Å². The summed E-state index contributed by atoms with van der Waals surface area (Å²) in [5, 5.41) is 15.5. The molecule has 0 bridgehead atoms. The molecule has 0 fully saturated rings. The topological polar surface area (TPSA) is 120 Å². The first-order valence-electron chi connectivity index (χ1n) is 43.8. The molecule has 4 aliphatic carbocycles.